The summed E-state index contributed by atoms with van der Waals surface area (Å²) in [7, 11) is 0. The molecular formula is C12H16ClNO3. The molecule has 0 unspecified atom stereocenters. The van der Waals surface area contributed by atoms with Crippen LogP contribution in [0.15, 0.2) is 24.3 Å². The van der Waals surface area contributed by atoms with Crippen LogP contribution in [0.5, 0.6) is 5.75 Å². The molecule has 1 rings (SSSR count). The number of aliphatic hydroxyl groups excluding tert-OH is 1. The number of benzene rings is 1. The fourth-order valence-electron chi connectivity index (χ4n) is 1.37. The summed E-state index contributed by atoms with van der Waals surface area (Å²) >= 11 is 5.79. The van der Waals surface area contributed by atoms with Crippen molar-refractivity contribution >= 4 is 17.5 Å². The van der Waals surface area contributed by atoms with Gasteiger partial charge in [0.05, 0.1) is 6.61 Å². The average molecular weight is 258 g/mol. The fraction of sp³-hybridized carbons (Fsp3) is 0.417. The third-order valence-electron chi connectivity index (χ3n) is 2.26. The van der Waals surface area contributed by atoms with Crippen LogP contribution in [-0.2, 0) is 4.79 Å². The van der Waals surface area contributed by atoms with Gasteiger partial charge in [-0.2, -0.15) is 0 Å². The molecule has 1 N–H and O–H groups in total. The zero-order valence-electron chi connectivity index (χ0n) is 9.73. The van der Waals surface area contributed by atoms with Crippen LogP contribution in [0.2, 0.25) is 5.02 Å². The van der Waals surface area contributed by atoms with Crippen LogP contribution in [0, 0.1) is 0 Å². The molecule has 17 heavy (non-hydrogen) atoms. The summed E-state index contributed by atoms with van der Waals surface area (Å²) in [5, 5.41) is 9.35. The molecule has 0 heterocycles. The highest BCUT2D eigenvalue weighted by atomic mass is 35.5. The number of halogens is 1. The molecule has 4 nitrogen and oxygen atoms in total. The van der Waals surface area contributed by atoms with Gasteiger partial charge in [-0.05, 0) is 25.1 Å². The van der Waals surface area contributed by atoms with E-state index in [0.29, 0.717) is 23.9 Å². The third kappa shape index (κ3) is 4.63. The SMILES string of the molecule is CCN(CCO)C(=O)COc1cccc(Cl)c1. The van der Waals surface area contributed by atoms with Crippen molar-refractivity contribution in [1.29, 1.82) is 0 Å². The Morgan fingerprint density at radius 3 is 2.88 bits per heavy atom. The highest BCUT2D eigenvalue weighted by Crippen LogP contribution is 2.16. The Bertz CT molecular complexity index is 371. The Morgan fingerprint density at radius 1 is 1.53 bits per heavy atom. The Hall–Kier alpha value is -1.26. The molecule has 0 atom stereocenters. The second-order valence-electron chi connectivity index (χ2n) is 3.44. The Labute approximate surface area is 106 Å². The van der Waals surface area contributed by atoms with Crippen molar-refractivity contribution in [2.75, 3.05) is 26.3 Å². The molecular weight excluding hydrogens is 242 g/mol. The lowest BCUT2D eigenvalue weighted by Crippen LogP contribution is -2.36. The van der Waals surface area contributed by atoms with Crippen molar-refractivity contribution in [1.82, 2.24) is 4.90 Å². The number of nitrogens with zero attached hydrogens (tertiary/aromatic N) is 1. The van der Waals surface area contributed by atoms with Crippen molar-refractivity contribution < 1.29 is 14.6 Å². The van der Waals surface area contributed by atoms with E-state index in [2.05, 4.69) is 0 Å². The molecule has 0 aliphatic carbocycles. The number of likely N-dealkylation sites (N-methyl/N-ethyl adjacent to an activating group) is 1. The molecule has 1 aromatic rings. The van der Waals surface area contributed by atoms with Gasteiger partial charge in [-0.3, -0.25) is 4.79 Å². The van der Waals surface area contributed by atoms with Gasteiger partial charge in [0.2, 0.25) is 0 Å². The van der Waals surface area contributed by atoms with Crippen molar-refractivity contribution in [2.24, 2.45) is 0 Å². The summed E-state index contributed by atoms with van der Waals surface area (Å²) in [6.45, 7) is 2.64. The fourth-order valence-corrected chi connectivity index (χ4v) is 1.55. The van der Waals surface area contributed by atoms with Gasteiger partial charge in [0.15, 0.2) is 6.61 Å². The lowest BCUT2D eigenvalue weighted by atomic mass is 10.3. The van der Waals surface area contributed by atoms with Crippen molar-refractivity contribution in [2.45, 2.75) is 6.92 Å². The number of rotatable bonds is 6. The van der Waals surface area contributed by atoms with Gasteiger partial charge in [-0.1, -0.05) is 17.7 Å². The maximum atomic E-state index is 11.7. The van der Waals surface area contributed by atoms with E-state index in [-0.39, 0.29) is 19.1 Å². The summed E-state index contributed by atoms with van der Waals surface area (Å²) in [6.07, 6.45) is 0. The predicted octanol–water partition coefficient (Wildman–Crippen LogP) is 1.56. The van der Waals surface area contributed by atoms with Crippen LogP contribution in [0.25, 0.3) is 0 Å². The number of hydrogen-bond donors (Lipinski definition) is 1. The van der Waals surface area contributed by atoms with Gasteiger partial charge in [0.1, 0.15) is 5.75 Å². The third-order valence-corrected chi connectivity index (χ3v) is 2.50. The number of aliphatic hydroxyl groups is 1. The highest BCUT2D eigenvalue weighted by molar-refractivity contribution is 6.30. The van der Waals surface area contributed by atoms with Crippen LogP contribution in [-0.4, -0.2) is 42.2 Å². The summed E-state index contributed by atoms with van der Waals surface area (Å²) in [5.41, 5.74) is 0. The van der Waals surface area contributed by atoms with E-state index in [4.69, 9.17) is 21.4 Å². The minimum atomic E-state index is -0.151. The van der Waals surface area contributed by atoms with Gasteiger partial charge < -0.3 is 14.7 Å². The predicted molar refractivity (Wildman–Crippen MR) is 66.3 cm³/mol. The Kier molecular flexibility index (Phi) is 5.80. The number of hydrogen-bond acceptors (Lipinski definition) is 3. The molecule has 0 aliphatic rings. The maximum Gasteiger partial charge on any atom is 0.260 e. The van der Waals surface area contributed by atoms with Gasteiger partial charge in [0, 0.05) is 18.1 Å². The van der Waals surface area contributed by atoms with Crippen molar-refractivity contribution in [3.05, 3.63) is 29.3 Å². The van der Waals surface area contributed by atoms with Gasteiger partial charge in [-0.15, -0.1) is 0 Å². The van der Waals surface area contributed by atoms with Gasteiger partial charge in [0.25, 0.3) is 5.91 Å². The molecule has 0 spiro atoms. The molecule has 94 valence electrons. The average Bonchev–Trinajstić information content (AvgIpc) is 2.33. The molecule has 0 saturated carbocycles. The second-order valence-corrected chi connectivity index (χ2v) is 3.88. The summed E-state index contributed by atoms with van der Waals surface area (Å²) in [5.74, 6) is 0.410. The van der Waals surface area contributed by atoms with Crippen LogP contribution < -0.4 is 4.74 Å². The first-order chi connectivity index (χ1) is 8.17. The molecule has 0 fully saturated rings. The van der Waals surface area contributed by atoms with Gasteiger partial charge >= 0.3 is 0 Å². The molecule has 0 aromatic heterocycles. The lowest BCUT2D eigenvalue weighted by Gasteiger charge is -2.19. The molecule has 0 saturated heterocycles. The lowest BCUT2D eigenvalue weighted by molar-refractivity contribution is -0.133. The standard InChI is InChI=1S/C12H16ClNO3/c1-2-14(6-7-15)12(16)9-17-11-5-3-4-10(13)8-11/h3-5,8,15H,2,6-7,9H2,1H3. The van der Waals surface area contributed by atoms with E-state index in [9.17, 15) is 4.79 Å². The second kappa shape index (κ2) is 7.14. The molecule has 0 radical (unpaired) electrons. The van der Waals surface area contributed by atoms with E-state index in [1.54, 1.807) is 24.3 Å². The first-order valence-corrected chi connectivity index (χ1v) is 5.82. The summed E-state index contributed by atoms with van der Waals surface area (Å²) in [6, 6.07) is 6.88. The van der Waals surface area contributed by atoms with Gasteiger partial charge in [-0.25, -0.2) is 0 Å². The number of amides is 1. The van der Waals surface area contributed by atoms with Crippen LogP contribution >= 0.6 is 11.6 Å². The van der Waals surface area contributed by atoms with Crippen molar-refractivity contribution in [3.8, 4) is 5.75 Å². The van der Waals surface area contributed by atoms with E-state index >= 15 is 0 Å². The van der Waals surface area contributed by atoms with Crippen LogP contribution in [0.3, 0.4) is 0 Å². The van der Waals surface area contributed by atoms with Crippen LogP contribution in [0.1, 0.15) is 6.92 Å². The summed E-state index contributed by atoms with van der Waals surface area (Å²) < 4.78 is 5.32. The molecule has 0 bridgehead atoms. The minimum Gasteiger partial charge on any atom is -0.484 e. The quantitative estimate of drug-likeness (QED) is 0.841. The monoisotopic (exact) mass is 257 g/mol. The first kappa shape index (κ1) is 13.8. The Balaban J connectivity index is 2.47. The highest BCUT2D eigenvalue weighted by Gasteiger charge is 2.11. The zero-order chi connectivity index (χ0) is 12.7. The van der Waals surface area contributed by atoms with Crippen LogP contribution in [0.4, 0.5) is 0 Å². The number of ether oxygens (including phenoxy) is 1. The first-order valence-electron chi connectivity index (χ1n) is 5.44. The van der Waals surface area contributed by atoms with E-state index < -0.39 is 0 Å². The molecule has 1 amide bonds. The molecule has 0 aliphatic heterocycles. The van der Waals surface area contributed by atoms with E-state index in [1.165, 1.54) is 4.90 Å². The zero-order valence-corrected chi connectivity index (χ0v) is 10.5. The normalized spacial score (nSPS) is 10.1. The topological polar surface area (TPSA) is 49.8 Å². The minimum absolute atomic E-state index is 0.0449. The summed E-state index contributed by atoms with van der Waals surface area (Å²) in [4.78, 5) is 13.2. The van der Waals surface area contributed by atoms with Crippen molar-refractivity contribution in [3.63, 3.8) is 0 Å². The molecule has 1 aromatic carbocycles. The largest absolute Gasteiger partial charge is 0.484 e. The molecule has 5 heteroatoms. The number of carbonyl (C=O) groups is 1. The Morgan fingerprint density at radius 2 is 2.29 bits per heavy atom. The van der Waals surface area contributed by atoms with E-state index in [0.717, 1.165) is 0 Å². The van der Waals surface area contributed by atoms with E-state index in [1.807, 2.05) is 6.92 Å². The number of carbonyl (C=O) groups excluding carboxylic acids is 1. The maximum absolute atomic E-state index is 11.7. The smallest absolute Gasteiger partial charge is 0.260 e.